The van der Waals surface area contributed by atoms with Gasteiger partial charge in [-0.25, -0.2) is 9.59 Å². The number of ether oxygens (including phenoxy) is 6. The molecular weight excluding hydrogens is 648 g/mol. The molecule has 50 heavy (non-hydrogen) atoms. The first-order valence-electron chi connectivity index (χ1n) is 16.3. The summed E-state index contributed by atoms with van der Waals surface area (Å²) in [5, 5.41) is 12.7. The van der Waals surface area contributed by atoms with Crippen molar-refractivity contribution in [1.29, 1.82) is 0 Å². The van der Waals surface area contributed by atoms with E-state index in [-0.39, 0.29) is 49.5 Å². The Labute approximate surface area is 291 Å². The van der Waals surface area contributed by atoms with Crippen molar-refractivity contribution in [2.24, 2.45) is 0 Å². The average molecular weight is 693 g/mol. The second-order valence-corrected chi connectivity index (χ2v) is 11.8. The molecule has 1 aliphatic heterocycles. The zero-order valence-electron chi connectivity index (χ0n) is 28.9. The molecule has 0 radical (unpaired) electrons. The van der Waals surface area contributed by atoms with Crippen molar-refractivity contribution < 1.29 is 52.7 Å². The fourth-order valence-electron chi connectivity index (χ4n) is 5.56. The number of nitrogens with zero attached hydrogens (tertiary/aromatic N) is 1. The molecule has 4 rings (SSSR count). The van der Waals surface area contributed by atoms with Gasteiger partial charge in [0.1, 0.15) is 23.4 Å². The highest BCUT2D eigenvalue weighted by Gasteiger charge is 2.34. The molecule has 0 spiro atoms. The van der Waals surface area contributed by atoms with Crippen LogP contribution in [-0.2, 0) is 14.2 Å². The number of carbonyl (C=O) groups is 4. The van der Waals surface area contributed by atoms with Crippen LogP contribution in [0.2, 0.25) is 0 Å². The molecule has 0 aromatic heterocycles. The predicted octanol–water partition coefficient (Wildman–Crippen LogP) is 5.50. The van der Waals surface area contributed by atoms with Crippen molar-refractivity contribution in [3.63, 3.8) is 0 Å². The SMILES string of the molecule is CCC(C)c1cc(C(=O)N[C@@H]2CN(C(=O)O)CCC[C@H]2OC(=O)c2ccc(C(=O)c3cc(OC)ccc3OCOC)cc2)ccc1OCOC. The van der Waals surface area contributed by atoms with Crippen LogP contribution < -0.4 is 19.5 Å². The fourth-order valence-corrected chi connectivity index (χ4v) is 5.56. The molecule has 0 bridgehead atoms. The van der Waals surface area contributed by atoms with Crippen molar-refractivity contribution in [3.8, 4) is 17.2 Å². The topological polar surface area (TPSA) is 159 Å². The molecule has 2 N–H and O–H groups in total. The van der Waals surface area contributed by atoms with Crippen LogP contribution in [0.5, 0.6) is 17.2 Å². The highest BCUT2D eigenvalue weighted by atomic mass is 16.7. The maximum absolute atomic E-state index is 13.6. The normalized spacial score (nSPS) is 16.5. The number of esters is 1. The van der Waals surface area contributed by atoms with E-state index in [1.807, 2.05) is 13.8 Å². The van der Waals surface area contributed by atoms with E-state index in [9.17, 15) is 24.3 Å². The molecule has 0 aliphatic carbocycles. The molecule has 13 nitrogen and oxygen atoms in total. The van der Waals surface area contributed by atoms with Crippen LogP contribution in [-0.4, -0.2) is 93.9 Å². The van der Waals surface area contributed by atoms with E-state index >= 15 is 0 Å². The molecule has 2 amide bonds. The van der Waals surface area contributed by atoms with E-state index in [2.05, 4.69) is 5.32 Å². The summed E-state index contributed by atoms with van der Waals surface area (Å²) in [6.45, 7) is 4.20. The molecule has 3 aromatic rings. The number of rotatable bonds is 15. The van der Waals surface area contributed by atoms with Gasteiger partial charge >= 0.3 is 12.1 Å². The van der Waals surface area contributed by atoms with Gasteiger partial charge in [0, 0.05) is 38.4 Å². The summed E-state index contributed by atoms with van der Waals surface area (Å²) >= 11 is 0. The number of hydrogen-bond donors (Lipinski definition) is 2. The van der Waals surface area contributed by atoms with Crippen molar-refractivity contribution in [3.05, 3.63) is 88.5 Å². The standard InChI is InChI=1S/C37H44N2O11/c1-6-23(2)28-18-26(13-15-31(28)48-21-45-3)35(41)38-30-20-39(37(43)44)17-7-8-33(30)50-36(42)25-11-9-24(10-12-25)34(40)29-19-27(47-5)14-16-32(29)49-22-46-4/h9-16,18-19,23,30,33H,6-8,17,20-22H2,1-5H3,(H,38,41)(H,43,44)/t23?,30-,33-/m1/s1. The first-order valence-corrected chi connectivity index (χ1v) is 16.3. The molecule has 3 atom stereocenters. The third-order valence-corrected chi connectivity index (χ3v) is 8.52. The third-order valence-electron chi connectivity index (χ3n) is 8.52. The zero-order chi connectivity index (χ0) is 36.2. The van der Waals surface area contributed by atoms with E-state index in [1.54, 1.807) is 36.4 Å². The van der Waals surface area contributed by atoms with Gasteiger partial charge in [-0.05, 0) is 79.3 Å². The van der Waals surface area contributed by atoms with Crippen LogP contribution >= 0.6 is 0 Å². The van der Waals surface area contributed by atoms with Crippen molar-refractivity contribution >= 4 is 23.8 Å². The number of carboxylic acid groups (broad SMARTS) is 1. The highest BCUT2D eigenvalue weighted by molar-refractivity contribution is 6.11. The Balaban J connectivity index is 1.53. The van der Waals surface area contributed by atoms with Gasteiger partial charge in [-0.1, -0.05) is 26.0 Å². The number of likely N-dealkylation sites (tertiary alicyclic amines) is 1. The Morgan fingerprint density at radius 1 is 0.880 bits per heavy atom. The number of benzene rings is 3. The molecule has 1 unspecified atom stereocenters. The Bertz CT molecular complexity index is 1640. The van der Waals surface area contributed by atoms with Gasteiger partial charge in [-0.15, -0.1) is 0 Å². The second kappa shape index (κ2) is 18.0. The fraction of sp³-hybridized carbons (Fsp3) is 0.405. The Morgan fingerprint density at radius 2 is 1.52 bits per heavy atom. The van der Waals surface area contributed by atoms with Crippen LogP contribution in [0.4, 0.5) is 4.79 Å². The molecule has 1 saturated heterocycles. The summed E-state index contributed by atoms with van der Waals surface area (Å²) in [5.41, 5.74) is 1.92. The summed E-state index contributed by atoms with van der Waals surface area (Å²) in [6, 6.07) is 15.1. The lowest BCUT2D eigenvalue weighted by Crippen LogP contribution is -2.51. The predicted molar refractivity (Wildman–Crippen MR) is 182 cm³/mol. The molecule has 13 heteroatoms. The van der Waals surface area contributed by atoms with Crippen molar-refractivity contribution in [2.45, 2.75) is 51.2 Å². The van der Waals surface area contributed by atoms with Crippen LogP contribution in [0.3, 0.4) is 0 Å². The zero-order valence-corrected chi connectivity index (χ0v) is 28.9. The number of methoxy groups -OCH3 is 3. The molecular formula is C37H44N2O11. The van der Waals surface area contributed by atoms with Crippen molar-refractivity contribution in [2.75, 3.05) is 48.0 Å². The lowest BCUT2D eigenvalue weighted by atomic mass is 9.95. The largest absolute Gasteiger partial charge is 0.497 e. The number of hydrogen-bond acceptors (Lipinski definition) is 10. The number of amides is 2. The Hall–Kier alpha value is -5.14. The molecule has 1 fully saturated rings. The van der Waals surface area contributed by atoms with Gasteiger partial charge in [-0.2, -0.15) is 0 Å². The van der Waals surface area contributed by atoms with E-state index in [0.29, 0.717) is 41.2 Å². The smallest absolute Gasteiger partial charge is 0.407 e. The molecule has 0 saturated carbocycles. The first kappa shape index (κ1) is 37.7. The van der Waals surface area contributed by atoms with E-state index in [1.165, 1.54) is 50.5 Å². The number of nitrogens with one attached hydrogen (secondary N) is 1. The van der Waals surface area contributed by atoms with Gasteiger partial charge in [-0.3, -0.25) is 9.59 Å². The minimum Gasteiger partial charge on any atom is -0.497 e. The van der Waals surface area contributed by atoms with Crippen LogP contribution in [0.15, 0.2) is 60.7 Å². The van der Waals surface area contributed by atoms with Gasteiger partial charge in [0.2, 0.25) is 0 Å². The summed E-state index contributed by atoms with van der Waals surface area (Å²) < 4.78 is 32.5. The quantitative estimate of drug-likeness (QED) is 0.118. The summed E-state index contributed by atoms with van der Waals surface area (Å²) in [4.78, 5) is 53.6. The number of ketones is 1. The number of carbonyl (C=O) groups excluding carboxylic acids is 3. The summed E-state index contributed by atoms with van der Waals surface area (Å²) in [7, 11) is 4.49. The first-order chi connectivity index (χ1) is 24.1. The summed E-state index contributed by atoms with van der Waals surface area (Å²) in [6.07, 6.45) is -0.418. The molecule has 1 heterocycles. The van der Waals surface area contributed by atoms with Crippen LogP contribution in [0.25, 0.3) is 0 Å². The minimum atomic E-state index is -1.14. The maximum atomic E-state index is 13.6. The lowest BCUT2D eigenvalue weighted by molar-refractivity contribution is 0.0179. The van der Waals surface area contributed by atoms with Gasteiger partial charge in [0.15, 0.2) is 19.4 Å². The van der Waals surface area contributed by atoms with E-state index in [0.717, 1.165) is 12.0 Å². The van der Waals surface area contributed by atoms with Crippen molar-refractivity contribution in [1.82, 2.24) is 10.2 Å². The molecule has 1 aliphatic rings. The average Bonchev–Trinajstić information content (AvgIpc) is 3.34. The molecule has 3 aromatic carbocycles. The minimum absolute atomic E-state index is 0.0561. The Morgan fingerprint density at radius 3 is 2.16 bits per heavy atom. The van der Waals surface area contributed by atoms with E-state index < -0.39 is 30.1 Å². The van der Waals surface area contributed by atoms with E-state index in [4.69, 9.17) is 28.4 Å². The van der Waals surface area contributed by atoms with Crippen LogP contribution in [0.1, 0.15) is 81.2 Å². The summed E-state index contributed by atoms with van der Waals surface area (Å²) in [5.74, 6) is -0.0101. The highest BCUT2D eigenvalue weighted by Crippen LogP contribution is 2.31. The lowest BCUT2D eigenvalue weighted by Gasteiger charge is -2.28. The van der Waals surface area contributed by atoms with Gasteiger partial charge in [0.25, 0.3) is 5.91 Å². The monoisotopic (exact) mass is 692 g/mol. The second-order valence-electron chi connectivity index (χ2n) is 11.8. The Kier molecular flexibility index (Phi) is 13.6. The third kappa shape index (κ3) is 9.51. The maximum Gasteiger partial charge on any atom is 0.407 e. The van der Waals surface area contributed by atoms with Crippen LogP contribution in [0, 0.1) is 0 Å². The van der Waals surface area contributed by atoms with Gasteiger partial charge < -0.3 is 43.7 Å². The molecule has 268 valence electrons. The van der Waals surface area contributed by atoms with Gasteiger partial charge in [0.05, 0.1) is 24.3 Å².